The molecule has 1 saturated heterocycles. The summed E-state index contributed by atoms with van der Waals surface area (Å²) in [5, 5.41) is 0. The van der Waals surface area contributed by atoms with Gasteiger partial charge in [0.25, 0.3) is 11.5 Å². The molecule has 1 aromatic carbocycles. The Labute approximate surface area is 175 Å². The normalized spacial score (nSPS) is 22.7. The first kappa shape index (κ1) is 21.3. The van der Waals surface area contributed by atoms with E-state index < -0.39 is 5.56 Å². The Morgan fingerprint density at radius 1 is 1.14 bits per heavy atom. The van der Waals surface area contributed by atoms with Gasteiger partial charge >= 0.3 is 0 Å². The van der Waals surface area contributed by atoms with Crippen molar-refractivity contribution >= 4 is 24.1 Å². The van der Waals surface area contributed by atoms with Crippen LogP contribution in [0, 0.1) is 5.41 Å². The number of fused-ring (bicyclic) bond motifs is 1. The van der Waals surface area contributed by atoms with Crippen LogP contribution in [-0.4, -0.2) is 40.7 Å². The van der Waals surface area contributed by atoms with Crippen LogP contribution in [0.15, 0.2) is 41.2 Å². The second-order valence-electron chi connectivity index (χ2n) is 8.74. The summed E-state index contributed by atoms with van der Waals surface area (Å²) >= 11 is 0. The third-order valence-electron chi connectivity index (χ3n) is 5.83. The molecule has 4 rings (SSSR count). The van der Waals surface area contributed by atoms with Gasteiger partial charge in [0.05, 0.1) is 0 Å². The third kappa shape index (κ3) is 4.00. The number of carbonyl (C=O) groups is 2. The zero-order chi connectivity index (χ0) is 20.1. The van der Waals surface area contributed by atoms with Crippen LogP contribution in [0.4, 0.5) is 0 Å². The molecule has 3 N–H and O–H groups in total. The standard InChI is InChI=1S/C22H25N3O3.ClH/c1-22(2)9-18-14(19(26)10-22)8-15(20(27)24-18)21(28)25-11-16(17(23)12-25)13-6-4-3-5-7-13;/h3-8,16-17H,9-12,23H2,1-2H3,(H,24,27);1H/t16-,17+;/m0./s1. The Morgan fingerprint density at radius 2 is 1.83 bits per heavy atom. The van der Waals surface area contributed by atoms with Gasteiger partial charge < -0.3 is 15.6 Å². The second-order valence-corrected chi connectivity index (χ2v) is 8.74. The van der Waals surface area contributed by atoms with Gasteiger partial charge in [0.1, 0.15) is 5.56 Å². The molecule has 2 aromatic rings. The number of pyridine rings is 1. The SMILES string of the molecule is CC1(C)CC(=O)c2cc(C(=O)N3C[C@@H](N)[C@H](c4ccccc4)C3)c(=O)[nH]c2C1.Cl. The molecule has 0 unspecified atom stereocenters. The highest BCUT2D eigenvalue weighted by Gasteiger charge is 2.37. The minimum absolute atomic E-state index is 0. The van der Waals surface area contributed by atoms with E-state index >= 15 is 0 Å². The first-order valence-corrected chi connectivity index (χ1v) is 9.64. The predicted molar refractivity (Wildman–Crippen MR) is 114 cm³/mol. The van der Waals surface area contributed by atoms with Gasteiger partial charge in [-0.3, -0.25) is 14.4 Å². The molecular weight excluding hydrogens is 390 g/mol. The fourth-order valence-corrected chi connectivity index (χ4v) is 4.40. The van der Waals surface area contributed by atoms with Gasteiger partial charge in [0, 0.05) is 42.7 Å². The summed E-state index contributed by atoms with van der Waals surface area (Å²) in [5.74, 6) is -0.364. The molecule has 0 spiro atoms. The fourth-order valence-electron chi connectivity index (χ4n) is 4.40. The van der Waals surface area contributed by atoms with Gasteiger partial charge in [-0.15, -0.1) is 12.4 Å². The van der Waals surface area contributed by atoms with Crippen LogP contribution in [0.1, 0.15) is 58.2 Å². The zero-order valence-electron chi connectivity index (χ0n) is 16.6. The Morgan fingerprint density at radius 3 is 2.52 bits per heavy atom. The Kier molecular flexibility index (Phi) is 5.70. The number of nitrogens with zero attached hydrogens (tertiary/aromatic N) is 1. The van der Waals surface area contributed by atoms with E-state index in [1.807, 2.05) is 44.2 Å². The summed E-state index contributed by atoms with van der Waals surface area (Å²) in [6, 6.07) is 11.1. The van der Waals surface area contributed by atoms with Crippen molar-refractivity contribution in [1.82, 2.24) is 9.88 Å². The van der Waals surface area contributed by atoms with E-state index in [-0.39, 0.29) is 47.0 Å². The number of ketones is 1. The van der Waals surface area contributed by atoms with Crippen LogP contribution in [-0.2, 0) is 6.42 Å². The lowest BCUT2D eigenvalue weighted by Crippen LogP contribution is -2.37. The number of hydrogen-bond donors (Lipinski definition) is 2. The number of hydrogen-bond acceptors (Lipinski definition) is 4. The zero-order valence-corrected chi connectivity index (χ0v) is 17.4. The molecule has 7 heteroatoms. The summed E-state index contributed by atoms with van der Waals surface area (Å²) in [7, 11) is 0. The van der Waals surface area contributed by atoms with Crippen molar-refractivity contribution in [2.75, 3.05) is 13.1 Å². The van der Waals surface area contributed by atoms with Crippen molar-refractivity contribution in [3.63, 3.8) is 0 Å². The Bertz CT molecular complexity index is 1000. The first-order valence-electron chi connectivity index (χ1n) is 9.64. The predicted octanol–water partition coefficient (Wildman–Crippen LogP) is 2.52. The topological polar surface area (TPSA) is 96.3 Å². The molecule has 29 heavy (non-hydrogen) atoms. The lowest BCUT2D eigenvalue weighted by molar-refractivity contribution is 0.0787. The summed E-state index contributed by atoms with van der Waals surface area (Å²) < 4.78 is 0. The van der Waals surface area contributed by atoms with Crippen molar-refractivity contribution in [2.24, 2.45) is 11.1 Å². The number of likely N-dealkylation sites (tertiary alicyclic amines) is 1. The lowest BCUT2D eigenvalue weighted by atomic mass is 9.75. The van der Waals surface area contributed by atoms with E-state index in [1.165, 1.54) is 6.07 Å². The summed E-state index contributed by atoms with van der Waals surface area (Å²) in [4.78, 5) is 42.6. The molecule has 0 radical (unpaired) electrons. The maximum absolute atomic E-state index is 13.0. The van der Waals surface area contributed by atoms with Crippen LogP contribution in [0.5, 0.6) is 0 Å². The summed E-state index contributed by atoms with van der Waals surface area (Å²) in [6.45, 7) is 4.85. The summed E-state index contributed by atoms with van der Waals surface area (Å²) in [5.41, 5.74) is 7.85. The number of halogens is 1. The molecule has 1 aromatic heterocycles. The van der Waals surface area contributed by atoms with Gasteiger partial charge in [-0.2, -0.15) is 0 Å². The molecule has 2 heterocycles. The number of nitrogens with one attached hydrogen (secondary N) is 1. The number of Topliss-reactive ketones (excluding diaryl/α,β-unsaturated/α-hetero) is 1. The highest BCUT2D eigenvalue weighted by atomic mass is 35.5. The minimum Gasteiger partial charge on any atom is -0.336 e. The van der Waals surface area contributed by atoms with Crippen LogP contribution < -0.4 is 11.3 Å². The van der Waals surface area contributed by atoms with Crippen LogP contribution in [0.2, 0.25) is 0 Å². The van der Waals surface area contributed by atoms with E-state index in [2.05, 4.69) is 4.98 Å². The maximum Gasteiger partial charge on any atom is 0.261 e. The molecule has 2 atom stereocenters. The molecule has 1 amide bonds. The Balaban J connectivity index is 0.00000240. The van der Waals surface area contributed by atoms with Gasteiger partial charge in [-0.1, -0.05) is 44.2 Å². The lowest BCUT2D eigenvalue weighted by Gasteiger charge is -2.30. The van der Waals surface area contributed by atoms with E-state index in [0.29, 0.717) is 37.2 Å². The van der Waals surface area contributed by atoms with Gasteiger partial charge in [0.15, 0.2) is 5.78 Å². The molecule has 0 bridgehead atoms. The van der Waals surface area contributed by atoms with Crippen LogP contribution in [0.3, 0.4) is 0 Å². The number of carbonyl (C=O) groups excluding carboxylic acids is 2. The number of amides is 1. The number of nitrogens with two attached hydrogens (primary N) is 1. The van der Waals surface area contributed by atoms with E-state index in [4.69, 9.17) is 5.73 Å². The molecule has 2 aliphatic rings. The molecule has 1 aliphatic carbocycles. The van der Waals surface area contributed by atoms with Crippen molar-refractivity contribution in [3.05, 3.63) is 69.1 Å². The van der Waals surface area contributed by atoms with Crippen LogP contribution in [0.25, 0.3) is 0 Å². The third-order valence-corrected chi connectivity index (χ3v) is 5.83. The van der Waals surface area contributed by atoms with Gasteiger partial charge in [-0.25, -0.2) is 0 Å². The molecule has 1 aliphatic heterocycles. The molecule has 154 valence electrons. The average Bonchev–Trinajstić information content (AvgIpc) is 3.02. The monoisotopic (exact) mass is 415 g/mol. The Hall–Kier alpha value is -2.44. The smallest absolute Gasteiger partial charge is 0.261 e. The maximum atomic E-state index is 13.0. The number of benzene rings is 1. The summed E-state index contributed by atoms with van der Waals surface area (Å²) in [6.07, 6.45) is 1.02. The fraction of sp³-hybridized carbons (Fsp3) is 0.409. The van der Waals surface area contributed by atoms with E-state index in [0.717, 1.165) is 5.56 Å². The van der Waals surface area contributed by atoms with Crippen molar-refractivity contribution in [2.45, 2.75) is 38.6 Å². The van der Waals surface area contributed by atoms with Crippen LogP contribution >= 0.6 is 12.4 Å². The minimum atomic E-state index is -0.439. The quantitative estimate of drug-likeness (QED) is 0.787. The molecule has 0 saturated carbocycles. The highest BCUT2D eigenvalue weighted by molar-refractivity contribution is 6.02. The molecular formula is C22H26ClN3O3. The number of aromatic nitrogens is 1. The van der Waals surface area contributed by atoms with E-state index in [1.54, 1.807) is 4.90 Å². The average molecular weight is 416 g/mol. The van der Waals surface area contributed by atoms with Crippen molar-refractivity contribution in [3.8, 4) is 0 Å². The molecule has 6 nitrogen and oxygen atoms in total. The van der Waals surface area contributed by atoms with Crippen molar-refractivity contribution in [1.29, 1.82) is 0 Å². The number of rotatable bonds is 2. The van der Waals surface area contributed by atoms with Crippen molar-refractivity contribution < 1.29 is 9.59 Å². The van der Waals surface area contributed by atoms with Gasteiger partial charge in [0.2, 0.25) is 0 Å². The second kappa shape index (κ2) is 7.76. The molecule has 1 fully saturated rings. The number of aromatic amines is 1. The first-order chi connectivity index (χ1) is 13.2. The van der Waals surface area contributed by atoms with Gasteiger partial charge in [-0.05, 0) is 23.5 Å². The highest BCUT2D eigenvalue weighted by Crippen LogP contribution is 2.34. The largest absolute Gasteiger partial charge is 0.336 e. The number of H-pyrrole nitrogens is 1. The van der Waals surface area contributed by atoms with E-state index in [9.17, 15) is 14.4 Å².